The summed E-state index contributed by atoms with van der Waals surface area (Å²) < 4.78 is 0. The number of rotatable bonds is 4. The number of carbonyl (C=O) groups excluding carboxylic acids is 1. The van der Waals surface area contributed by atoms with Gasteiger partial charge in [-0.3, -0.25) is 4.79 Å². The first kappa shape index (κ1) is 17.8. The van der Waals surface area contributed by atoms with Crippen LogP contribution in [0.4, 0.5) is 0 Å². The normalized spacial score (nSPS) is 19.3. The van der Waals surface area contributed by atoms with E-state index in [9.17, 15) is 10.1 Å². The second-order valence-electron chi connectivity index (χ2n) is 6.22. The van der Waals surface area contributed by atoms with Crippen molar-refractivity contribution in [2.75, 3.05) is 6.54 Å². The predicted octanol–water partition coefficient (Wildman–Crippen LogP) is 3.84. The van der Waals surface area contributed by atoms with Crippen LogP contribution in [0, 0.1) is 25.2 Å². The lowest BCUT2D eigenvalue weighted by molar-refractivity contribution is -0.134. The van der Waals surface area contributed by atoms with Gasteiger partial charge in [-0.25, -0.2) is 4.98 Å². The number of aromatic nitrogens is 1. The molecule has 2 atom stereocenters. The van der Waals surface area contributed by atoms with Gasteiger partial charge in [-0.1, -0.05) is 18.7 Å². The van der Waals surface area contributed by atoms with E-state index in [-0.39, 0.29) is 11.2 Å². The van der Waals surface area contributed by atoms with Gasteiger partial charge >= 0.3 is 0 Å². The quantitative estimate of drug-likeness (QED) is 0.787. The highest BCUT2D eigenvalue weighted by atomic mass is 32.2. The first-order chi connectivity index (χ1) is 11.0. The average molecular weight is 331 g/mol. The van der Waals surface area contributed by atoms with Crippen LogP contribution >= 0.6 is 11.8 Å². The maximum atomic E-state index is 12.8. The standard InChI is InChI=1S/C18H25N3OS/c1-5-15-8-6-7-9-21(15)18(22)14(4)23-17-16(11-19)12(2)10-13(3)20-17/h10,14-15H,5-9H2,1-4H3. The van der Waals surface area contributed by atoms with Crippen LogP contribution in [-0.4, -0.2) is 33.6 Å². The third kappa shape index (κ3) is 4.06. The Morgan fingerprint density at radius 2 is 2.26 bits per heavy atom. The molecule has 2 rings (SSSR count). The van der Waals surface area contributed by atoms with Crippen LogP contribution in [0.2, 0.25) is 0 Å². The monoisotopic (exact) mass is 331 g/mol. The molecule has 0 spiro atoms. The van der Waals surface area contributed by atoms with Crippen LogP contribution in [0.1, 0.15) is 56.4 Å². The van der Waals surface area contributed by atoms with Crippen molar-refractivity contribution in [2.24, 2.45) is 0 Å². The van der Waals surface area contributed by atoms with Gasteiger partial charge in [0.15, 0.2) is 0 Å². The minimum Gasteiger partial charge on any atom is -0.339 e. The Bertz CT molecular complexity index is 623. The lowest BCUT2D eigenvalue weighted by Crippen LogP contribution is -2.46. The number of carbonyl (C=O) groups is 1. The number of hydrogen-bond acceptors (Lipinski definition) is 4. The third-order valence-corrected chi connectivity index (χ3v) is 5.51. The van der Waals surface area contributed by atoms with E-state index in [1.165, 1.54) is 18.2 Å². The zero-order chi connectivity index (χ0) is 17.0. The van der Waals surface area contributed by atoms with Crippen molar-refractivity contribution in [1.82, 2.24) is 9.88 Å². The molecule has 5 heteroatoms. The second-order valence-corrected chi connectivity index (χ2v) is 7.55. The second kappa shape index (κ2) is 7.83. The van der Waals surface area contributed by atoms with Crippen LogP contribution in [0.25, 0.3) is 0 Å². The van der Waals surface area contributed by atoms with Gasteiger partial charge in [-0.2, -0.15) is 5.26 Å². The van der Waals surface area contributed by atoms with Crippen molar-refractivity contribution in [1.29, 1.82) is 5.26 Å². The molecule has 2 heterocycles. The van der Waals surface area contributed by atoms with Crippen LogP contribution in [-0.2, 0) is 4.79 Å². The Hall–Kier alpha value is -1.54. The van der Waals surface area contributed by atoms with Gasteiger partial charge in [0.2, 0.25) is 5.91 Å². The summed E-state index contributed by atoms with van der Waals surface area (Å²) in [5.74, 6) is 0.173. The van der Waals surface area contributed by atoms with Crippen LogP contribution in [0.5, 0.6) is 0 Å². The Balaban J connectivity index is 2.17. The molecule has 1 aliphatic heterocycles. The molecule has 0 N–H and O–H groups in total. The van der Waals surface area contributed by atoms with Gasteiger partial charge < -0.3 is 4.90 Å². The maximum Gasteiger partial charge on any atom is 0.236 e. The SMILES string of the molecule is CCC1CCCCN1C(=O)C(C)Sc1nc(C)cc(C)c1C#N. The van der Waals surface area contributed by atoms with Gasteiger partial charge in [-0.05, 0) is 58.1 Å². The first-order valence-electron chi connectivity index (χ1n) is 8.33. The number of thioether (sulfide) groups is 1. The van der Waals surface area contributed by atoms with Crippen molar-refractivity contribution >= 4 is 17.7 Å². The zero-order valence-electron chi connectivity index (χ0n) is 14.4. The fraction of sp³-hybridized carbons (Fsp3) is 0.611. The molecule has 1 aromatic heterocycles. The molecule has 1 aromatic rings. The number of aryl methyl sites for hydroxylation is 2. The molecule has 0 bridgehead atoms. The topological polar surface area (TPSA) is 57.0 Å². The molecule has 4 nitrogen and oxygen atoms in total. The van der Waals surface area contributed by atoms with E-state index in [2.05, 4.69) is 18.0 Å². The molecular formula is C18H25N3OS. The Labute approximate surface area is 143 Å². The average Bonchev–Trinajstić information content (AvgIpc) is 2.53. The van der Waals surface area contributed by atoms with Crippen molar-refractivity contribution in [2.45, 2.75) is 69.7 Å². The fourth-order valence-electron chi connectivity index (χ4n) is 3.19. The fourth-order valence-corrected chi connectivity index (χ4v) is 4.28. The van der Waals surface area contributed by atoms with E-state index in [0.29, 0.717) is 16.6 Å². The molecule has 0 radical (unpaired) electrons. The molecule has 2 unspecified atom stereocenters. The molecule has 1 amide bonds. The lowest BCUT2D eigenvalue weighted by Gasteiger charge is -2.36. The number of pyridine rings is 1. The molecule has 1 aliphatic rings. The zero-order valence-corrected chi connectivity index (χ0v) is 15.2. The number of likely N-dealkylation sites (tertiary alicyclic amines) is 1. The van der Waals surface area contributed by atoms with Crippen molar-refractivity contribution < 1.29 is 4.79 Å². The van der Waals surface area contributed by atoms with Gasteiger partial charge in [0, 0.05) is 18.3 Å². The number of nitriles is 1. The summed E-state index contributed by atoms with van der Waals surface area (Å²) in [4.78, 5) is 19.4. The number of piperidine rings is 1. The summed E-state index contributed by atoms with van der Waals surface area (Å²) >= 11 is 1.41. The largest absolute Gasteiger partial charge is 0.339 e. The van der Waals surface area contributed by atoms with Crippen molar-refractivity contribution in [3.63, 3.8) is 0 Å². The summed E-state index contributed by atoms with van der Waals surface area (Å²) in [6, 6.07) is 4.50. The van der Waals surface area contributed by atoms with Crippen molar-refractivity contribution in [3.05, 3.63) is 22.9 Å². The number of hydrogen-bond donors (Lipinski definition) is 0. The maximum absolute atomic E-state index is 12.8. The van der Waals surface area contributed by atoms with E-state index < -0.39 is 0 Å². The van der Waals surface area contributed by atoms with Crippen molar-refractivity contribution in [3.8, 4) is 6.07 Å². The lowest BCUT2D eigenvalue weighted by atomic mass is 10.00. The van der Waals surface area contributed by atoms with Crippen LogP contribution in [0.15, 0.2) is 11.1 Å². The summed E-state index contributed by atoms with van der Waals surface area (Å²) in [5, 5.41) is 9.83. The molecule has 1 saturated heterocycles. The number of nitrogens with zero attached hydrogens (tertiary/aromatic N) is 3. The summed E-state index contributed by atoms with van der Waals surface area (Å²) in [5.41, 5.74) is 2.39. The summed E-state index contributed by atoms with van der Waals surface area (Å²) in [6.07, 6.45) is 4.41. The molecular weight excluding hydrogens is 306 g/mol. The Kier molecular flexibility index (Phi) is 6.06. The van der Waals surface area contributed by atoms with Gasteiger partial charge in [0.05, 0.1) is 10.8 Å². The smallest absolute Gasteiger partial charge is 0.236 e. The van der Waals surface area contributed by atoms with E-state index in [0.717, 1.165) is 37.1 Å². The molecule has 0 aliphatic carbocycles. The summed E-state index contributed by atoms with van der Waals surface area (Å²) in [7, 11) is 0. The molecule has 0 saturated carbocycles. The highest BCUT2D eigenvalue weighted by molar-refractivity contribution is 8.00. The van der Waals surface area contributed by atoms with Crippen LogP contribution in [0.3, 0.4) is 0 Å². The first-order valence-corrected chi connectivity index (χ1v) is 9.21. The highest BCUT2D eigenvalue weighted by Crippen LogP contribution is 2.30. The van der Waals surface area contributed by atoms with Crippen LogP contribution < -0.4 is 0 Å². The Morgan fingerprint density at radius 1 is 1.52 bits per heavy atom. The van der Waals surface area contributed by atoms with E-state index in [1.54, 1.807) is 0 Å². The van der Waals surface area contributed by atoms with Gasteiger partial charge in [0.25, 0.3) is 0 Å². The molecule has 124 valence electrons. The van der Waals surface area contributed by atoms with E-state index in [4.69, 9.17) is 0 Å². The van der Waals surface area contributed by atoms with E-state index in [1.807, 2.05) is 31.7 Å². The van der Waals surface area contributed by atoms with Gasteiger partial charge in [-0.15, -0.1) is 0 Å². The molecule has 1 fully saturated rings. The van der Waals surface area contributed by atoms with Gasteiger partial charge in [0.1, 0.15) is 11.1 Å². The molecule has 23 heavy (non-hydrogen) atoms. The number of amides is 1. The third-order valence-electron chi connectivity index (χ3n) is 4.44. The van der Waals surface area contributed by atoms with E-state index >= 15 is 0 Å². The summed E-state index contributed by atoms with van der Waals surface area (Å²) in [6.45, 7) is 8.76. The minimum atomic E-state index is -0.219. The molecule has 0 aromatic carbocycles. The predicted molar refractivity (Wildman–Crippen MR) is 93.4 cm³/mol. The Morgan fingerprint density at radius 3 is 2.91 bits per heavy atom. The minimum absolute atomic E-state index is 0.173. The highest BCUT2D eigenvalue weighted by Gasteiger charge is 2.29.